The maximum Gasteiger partial charge on any atom is 0.153 e. The lowest BCUT2D eigenvalue weighted by atomic mass is 10.1. The summed E-state index contributed by atoms with van der Waals surface area (Å²) in [6.07, 6.45) is 5.90. The van der Waals surface area contributed by atoms with Gasteiger partial charge in [0.05, 0.1) is 7.11 Å². The van der Waals surface area contributed by atoms with Gasteiger partial charge >= 0.3 is 0 Å². The number of hydrogen-bond acceptors (Lipinski definition) is 6. The van der Waals surface area contributed by atoms with Crippen LogP contribution in [-0.2, 0) is 0 Å². The first kappa shape index (κ1) is 17.1. The second-order valence-corrected chi connectivity index (χ2v) is 7.18. The smallest absolute Gasteiger partial charge is 0.153 e. The number of aromatic nitrogens is 3. The molecule has 1 fully saturated rings. The molecule has 0 bridgehead atoms. The quantitative estimate of drug-likeness (QED) is 0.696. The van der Waals surface area contributed by atoms with Crippen molar-refractivity contribution in [1.29, 1.82) is 0 Å². The Balaban J connectivity index is 1.23. The molecule has 5 rings (SSSR count). The molecule has 2 aliphatic heterocycles. The van der Waals surface area contributed by atoms with Gasteiger partial charge in [0, 0.05) is 50.7 Å². The first-order chi connectivity index (χ1) is 13.8. The van der Waals surface area contributed by atoms with Crippen molar-refractivity contribution in [2.24, 2.45) is 0 Å². The van der Waals surface area contributed by atoms with E-state index in [1.807, 2.05) is 35.0 Å². The standard InChI is InChI=1S/C21H23N5O2/c1-27-18-2-3-19-17(13-18)12-16(15-28-19)14-24-8-10-25(11-9-24)21-5-4-20-22-6-7-26(20)23-21/h2-7,12-13H,8-11,14-15H2,1H3. The van der Waals surface area contributed by atoms with Crippen molar-refractivity contribution in [2.75, 3.05) is 51.3 Å². The fourth-order valence-corrected chi connectivity index (χ4v) is 3.82. The van der Waals surface area contributed by atoms with Crippen LogP contribution < -0.4 is 14.4 Å². The molecule has 2 aromatic heterocycles. The minimum atomic E-state index is 0.651. The summed E-state index contributed by atoms with van der Waals surface area (Å²) < 4.78 is 13.1. The molecule has 2 aliphatic rings. The van der Waals surface area contributed by atoms with E-state index in [0.717, 1.165) is 61.3 Å². The van der Waals surface area contributed by atoms with Crippen molar-refractivity contribution in [3.63, 3.8) is 0 Å². The van der Waals surface area contributed by atoms with E-state index in [0.29, 0.717) is 6.61 Å². The Hall–Kier alpha value is -3.06. The predicted octanol–water partition coefficient (Wildman–Crippen LogP) is 2.34. The van der Waals surface area contributed by atoms with Gasteiger partial charge in [-0.05, 0) is 42.0 Å². The van der Waals surface area contributed by atoms with Gasteiger partial charge in [-0.25, -0.2) is 9.50 Å². The fraction of sp³-hybridized carbons (Fsp3) is 0.333. The first-order valence-corrected chi connectivity index (χ1v) is 9.56. The predicted molar refractivity (Wildman–Crippen MR) is 108 cm³/mol. The van der Waals surface area contributed by atoms with Crippen LogP contribution in [0.5, 0.6) is 11.5 Å². The number of piperazine rings is 1. The van der Waals surface area contributed by atoms with Crippen molar-refractivity contribution in [1.82, 2.24) is 19.5 Å². The number of anilines is 1. The number of imidazole rings is 1. The summed E-state index contributed by atoms with van der Waals surface area (Å²) in [5.74, 6) is 2.79. The number of fused-ring (bicyclic) bond motifs is 2. The van der Waals surface area contributed by atoms with Gasteiger partial charge in [-0.1, -0.05) is 0 Å². The maximum absolute atomic E-state index is 5.92. The van der Waals surface area contributed by atoms with Gasteiger partial charge in [-0.3, -0.25) is 4.90 Å². The molecule has 0 radical (unpaired) electrons. The summed E-state index contributed by atoms with van der Waals surface area (Å²) in [6, 6.07) is 10.0. The largest absolute Gasteiger partial charge is 0.497 e. The lowest BCUT2D eigenvalue weighted by Gasteiger charge is -2.36. The number of rotatable bonds is 4. The Labute approximate surface area is 163 Å². The summed E-state index contributed by atoms with van der Waals surface area (Å²) >= 11 is 0. The summed E-state index contributed by atoms with van der Waals surface area (Å²) in [5.41, 5.74) is 3.27. The molecular formula is C21H23N5O2. The minimum absolute atomic E-state index is 0.651. The number of methoxy groups -OCH3 is 1. The maximum atomic E-state index is 5.92. The summed E-state index contributed by atoms with van der Waals surface area (Å²) in [5, 5.41) is 4.66. The van der Waals surface area contributed by atoms with Crippen molar-refractivity contribution < 1.29 is 9.47 Å². The Morgan fingerprint density at radius 3 is 2.86 bits per heavy atom. The Morgan fingerprint density at radius 2 is 2.00 bits per heavy atom. The van der Waals surface area contributed by atoms with E-state index < -0.39 is 0 Å². The van der Waals surface area contributed by atoms with Gasteiger partial charge in [-0.15, -0.1) is 5.10 Å². The zero-order valence-electron chi connectivity index (χ0n) is 15.9. The molecule has 1 aromatic carbocycles. The average molecular weight is 377 g/mol. The molecule has 0 saturated carbocycles. The highest BCUT2D eigenvalue weighted by Gasteiger charge is 2.21. The zero-order valence-corrected chi connectivity index (χ0v) is 15.9. The third-order valence-corrected chi connectivity index (χ3v) is 5.35. The van der Waals surface area contributed by atoms with Crippen molar-refractivity contribution in [3.8, 4) is 11.5 Å². The van der Waals surface area contributed by atoms with E-state index in [1.165, 1.54) is 5.57 Å². The summed E-state index contributed by atoms with van der Waals surface area (Å²) in [6.45, 7) is 5.52. The van der Waals surface area contributed by atoms with Gasteiger partial charge in [0.15, 0.2) is 5.65 Å². The lowest BCUT2D eigenvalue weighted by molar-refractivity contribution is 0.259. The highest BCUT2D eigenvalue weighted by atomic mass is 16.5. The molecule has 0 atom stereocenters. The van der Waals surface area contributed by atoms with Crippen LogP contribution in [0.3, 0.4) is 0 Å². The van der Waals surface area contributed by atoms with Crippen LogP contribution in [-0.4, -0.2) is 65.9 Å². The van der Waals surface area contributed by atoms with Crippen molar-refractivity contribution >= 4 is 17.5 Å². The van der Waals surface area contributed by atoms with E-state index in [2.05, 4.69) is 32.0 Å². The molecule has 0 amide bonds. The molecule has 0 unspecified atom stereocenters. The summed E-state index contributed by atoms with van der Waals surface area (Å²) in [4.78, 5) is 9.07. The summed E-state index contributed by atoms with van der Waals surface area (Å²) in [7, 11) is 1.69. The molecule has 4 heterocycles. The molecule has 0 N–H and O–H groups in total. The Bertz CT molecular complexity index is 1020. The molecule has 1 saturated heterocycles. The van der Waals surface area contributed by atoms with Crippen LogP contribution in [0, 0.1) is 0 Å². The topological polar surface area (TPSA) is 55.1 Å². The monoisotopic (exact) mass is 377 g/mol. The minimum Gasteiger partial charge on any atom is -0.497 e. The number of ether oxygens (including phenoxy) is 2. The van der Waals surface area contributed by atoms with Crippen LogP contribution in [0.2, 0.25) is 0 Å². The number of nitrogens with zero attached hydrogens (tertiary/aromatic N) is 5. The highest BCUT2D eigenvalue weighted by Crippen LogP contribution is 2.30. The highest BCUT2D eigenvalue weighted by molar-refractivity contribution is 5.64. The van der Waals surface area contributed by atoms with Crippen LogP contribution in [0.25, 0.3) is 11.7 Å². The molecule has 144 valence electrons. The van der Waals surface area contributed by atoms with Crippen LogP contribution >= 0.6 is 0 Å². The number of benzene rings is 1. The SMILES string of the molecule is COc1ccc2c(c1)C=C(CN1CCN(c3ccc4nccn4n3)CC1)CO2. The van der Waals surface area contributed by atoms with Crippen molar-refractivity contribution in [3.05, 3.63) is 53.9 Å². The Kier molecular flexibility index (Phi) is 4.37. The zero-order chi connectivity index (χ0) is 18.9. The third kappa shape index (κ3) is 3.29. The van der Waals surface area contributed by atoms with E-state index in [1.54, 1.807) is 13.3 Å². The third-order valence-electron chi connectivity index (χ3n) is 5.35. The fourth-order valence-electron chi connectivity index (χ4n) is 3.82. The molecule has 7 nitrogen and oxygen atoms in total. The molecule has 0 aliphatic carbocycles. The average Bonchev–Trinajstić information content (AvgIpc) is 3.21. The van der Waals surface area contributed by atoms with Crippen LogP contribution in [0.4, 0.5) is 5.82 Å². The molecule has 28 heavy (non-hydrogen) atoms. The van der Waals surface area contributed by atoms with E-state index in [9.17, 15) is 0 Å². The molecule has 3 aromatic rings. The van der Waals surface area contributed by atoms with Gasteiger partial charge < -0.3 is 14.4 Å². The van der Waals surface area contributed by atoms with E-state index >= 15 is 0 Å². The molecule has 0 spiro atoms. The Morgan fingerprint density at radius 1 is 1.11 bits per heavy atom. The van der Waals surface area contributed by atoms with Gasteiger partial charge in [0.2, 0.25) is 0 Å². The first-order valence-electron chi connectivity index (χ1n) is 9.56. The van der Waals surface area contributed by atoms with Gasteiger partial charge in [-0.2, -0.15) is 0 Å². The second kappa shape index (κ2) is 7.16. The normalized spacial score (nSPS) is 17.2. The lowest BCUT2D eigenvalue weighted by Crippen LogP contribution is -2.47. The second-order valence-electron chi connectivity index (χ2n) is 7.18. The van der Waals surface area contributed by atoms with Crippen LogP contribution in [0.15, 0.2) is 48.3 Å². The van der Waals surface area contributed by atoms with E-state index in [4.69, 9.17) is 9.47 Å². The molecular weight excluding hydrogens is 354 g/mol. The van der Waals surface area contributed by atoms with Gasteiger partial charge in [0.25, 0.3) is 0 Å². The van der Waals surface area contributed by atoms with Crippen molar-refractivity contribution in [2.45, 2.75) is 0 Å². The van der Waals surface area contributed by atoms with E-state index in [-0.39, 0.29) is 0 Å². The van der Waals surface area contributed by atoms with Gasteiger partial charge in [0.1, 0.15) is 23.9 Å². The molecule has 7 heteroatoms. The number of hydrogen-bond donors (Lipinski definition) is 0. The van der Waals surface area contributed by atoms with Crippen LogP contribution in [0.1, 0.15) is 5.56 Å².